The summed E-state index contributed by atoms with van der Waals surface area (Å²) in [5.41, 5.74) is 0.483. The van der Waals surface area contributed by atoms with Gasteiger partial charge in [0.1, 0.15) is 0 Å². The van der Waals surface area contributed by atoms with Crippen molar-refractivity contribution >= 4 is 19.8 Å². The zero-order chi connectivity index (χ0) is 9.49. The van der Waals surface area contributed by atoms with Gasteiger partial charge in [-0.1, -0.05) is 33.6 Å². The van der Waals surface area contributed by atoms with Gasteiger partial charge in [-0.25, -0.2) is 0 Å². The molecule has 0 amide bonds. The predicted octanol–water partition coefficient (Wildman–Crippen LogP) is 4.17. The summed E-state index contributed by atoms with van der Waals surface area (Å²) in [6.07, 6.45) is 2.35. The SMILES string of the molecule is [CH2-]CC(C)CC(C)(C)C.[Zn+][I]. The van der Waals surface area contributed by atoms with Gasteiger partial charge in [0.2, 0.25) is 0 Å². The standard InChI is InChI=1S/C9H19.HI.Zn/c1-6-8(2)7-9(3,4)5;;/h8H,1,6-7H2,2-5H3;1H;/q-1;;+2/p-1. The van der Waals surface area contributed by atoms with Gasteiger partial charge in [0, 0.05) is 0 Å². The van der Waals surface area contributed by atoms with E-state index in [-0.39, 0.29) is 0 Å². The van der Waals surface area contributed by atoms with E-state index in [1.54, 1.807) is 0 Å². The number of hydrogen-bond donors (Lipinski definition) is 0. The summed E-state index contributed by atoms with van der Waals surface area (Å²) < 4.78 is 0. The summed E-state index contributed by atoms with van der Waals surface area (Å²) >= 11 is 3.62. The van der Waals surface area contributed by atoms with Crippen molar-refractivity contribution in [3.63, 3.8) is 0 Å². The predicted molar refractivity (Wildman–Crippen MR) is 57.2 cm³/mol. The summed E-state index contributed by atoms with van der Waals surface area (Å²) in [5, 5.41) is 0. The van der Waals surface area contributed by atoms with Gasteiger partial charge in [-0.2, -0.15) is 6.42 Å². The second-order valence-electron chi connectivity index (χ2n) is 4.16. The van der Waals surface area contributed by atoms with E-state index in [0.29, 0.717) is 5.41 Å². The molecule has 0 bridgehead atoms. The quantitative estimate of drug-likeness (QED) is 0.407. The molecule has 0 radical (unpaired) electrons. The number of hydrogen-bond acceptors (Lipinski definition) is 0. The second-order valence-corrected chi connectivity index (χ2v) is 4.16. The molecule has 0 aromatic rings. The third kappa shape index (κ3) is 14.2. The molecule has 1 unspecified atom stereocenters. The molecule has 0 N–H and O–H groups in total. The van der Waals surface area contributed by atoms with Crippen molar-refractivity contribution in [1.82, 2.24) is 0 Å². The van der Waals surface area contributed by atoms with E-state index in [4.69, 9.17) is 0 Å². The summed E-state index contributed by atoms with van der Waals surface area (Å²) in [5.74, 6) is 0.782. The van der Waals surface area contributed by atoms with Crippen molar-refractivity contribution in [1.29, 1.82) is 0 Å². The maximum atomic E-state index is 3.87. The first-order chi connectivity index (χ1) is 4.95. The van der Waals surface area contributed by atoms with Gasteiger partial charge in [-0.05, 0) is 11.8 Å². The molecule has 0 aromatic carbocycles. The van der Waals surface area contributed by atoms with Crippen LogP contribution in [-0.2, 0) is 14.8 Å². The summed E-state index contributed by atoms with van der Waals surface area (Å²) in [6, 6.07) is 0. The van der Waals surface area contributed by atoms with Crippen molar-refractivity contribution in [3.8, 4) is 0 Å². The Hall–Kier alpha value is 1.35. The topological polar surface area (TPSA) is 0 Å². The fraction of sp³-hybridized carbons (Fsp3) is 0.889. The normalized spacial score (nSPS) is 13.5. The van der Waals surface area contributed by atoms with Gasteiger partial charge in [0.25, 0.3) is 0 Å². The van der Waals surface area contributed by atoms with E-state index in [2.05, 4.69) is 54.4 Å². The van der Waals surface area contributed by atoms with Gasteiger partial charge in [-0.15, -0.1) is 0 Å². The Labute approximate surface area is 92.8 Å². The Balaban J connectivity index is 0. The van der Waals surface area contributed by atoms with Crippen LogP contribution in [0.3, 0.4) is 0 Å². The van der Waals surface area contributed by atoms with Crippen LogP contribution in [-0.4, -0.2) is 0 Å². The molecular formula is C9H19IZn. The second kappa shape index (κ2) is 7.97. The molecule has 0 aliphatic rings. The monoisotopic (exact) mass is 318 g/mol. The molecule has 64 valence electrons. The molecule has 0 saturated heterocycles. The van der Waals surface area contributed by atoms with Gasteiger partial charge in [0.05, 0.1) is 0 Å². The first-order valence-electron chi connectivity index (χ1n) is 4.01. The van der Waals surface area contributed by atoms with Gasteiger partial charge >= 0.3 is 34.5 Å². The fourth-order valence-electron chi connectivity index (χ4n) is 1.15. The van der Waals surface area contributed by atoms with Gasteiger partial charge in [0.15, 0.2) is 0 Å². The van der Waals surface area contributed by atoms with Crippen LogP contribution < -0.4 is 0 Å². The average Bonchev–Trinajstić information content (AvgIpc) is 1.89. The van der Waals surface area contributed by atoms with Crippen LogP contribution in [0.4, 0.5) is 0 Å². The van der Waals surface area contributed by atoms with Crippen LogP contribution >= 0.6 is 19.8 Å². The van der Waals surface area contributed by atoms with Crippen molar-refractivity contribution < 1.29 is 14.8 Å². The average molecular weight is 320 g/mol. The summed E-state index contributed by atoms with van der Waals surface area (Å²) in [4.78, 5) is 0. The molecule has 0 spiro atoms. The van der Waals surface area contributed by atoms with E-state index >= 15 is 0 Å². The number of halogens is 1. The van der Waals surface area contributed by atoms with Crippen molar-refractivity contribution in [3.05, 3.63) is 6.92 Å². The van der Waals surface area contributed by atoms with Crippen molar-refractivity contribution in [2.45, 2.75) is 40.5 Å². The van der Waals surface area contributed by atoms with Gasteiger partial charge in [-0.3, -0.25) is 0 Å². The molecule has 11 heavy (non-hydrogen) atoms. The van der Waals surface area contributed by atoms with Crippen LogP contribution in [0.15, 0.2) is 0 Å². The minimum atomic E-state index is 0.483. The molecule has 0 saturated carbocycles. The third-order valence-electron chi connectivity index (χ3n) is 1.45. The molecule has 0 nitrogen and oxygen atoms in total. The Morgan fingerprint density at radius 1 is 1.36 bits per heavy atom. The zero-order valence-electron chi connectivity index (χ0n) is 8.28. The summed E-state index contributed by atoms with van der Waals surface area (Å²) in [6.45, 7) is 13.0. The van der Waals surface area contributed by atoms with E-state index in [9.17, 15) is 0 Å². The Morgan fingerprint density at radius 2 is 1.73 bits per heavy atom. The molecule has 0 fully saturated rings. The minimum absolute atomic E-state index is 0.483. The first kappa shape index (κ1) is 14.9. The third-order valence-corrected chi connectivity index (χ3v) is 1.45. The molecule has 0 heterocycles. The van der Waals surface area contributed by atoms with Crippen LogP contribution in [0.2, 0.25) is 0 Å². The molecule has 0 aliphatic heterocycles. The van der Waals surface area contributed by atoms with Crippen molar-refractivity contribution in [2.24, 2.45) is 11.3 Å². The number of rotatable bonds is 2. The van der Waals surface area contributed by atoms with E-state index in [1.165, 1.54) is 21.2 Å². The Bertz CT molecular complexity index is 76.1. The van der Waals surface area contributed by atoms with Crippen LogP contribution in [0.25, 0.3) is 0 Å². The zero-order valence-corrected chi connectivity index (χ0v) is 13.4. The molecular weight excluding hydrogens is 300 g/mol. The summed E-state index contributed by atoms with van der Waals surface area (Å²) in [7, 11) is 0. The molecule has 2 heteroatoms. The molecule has 0 rings (SSSR count). The molecule has 0 aromatic heterocycles. The maximum absolute atomic E-state index is 3.87. The molecule has 1 atom stereocenters. The Kier molecular flexibility index (Phi) is 10.8. The Morgan fingerprint density at radius 3 is 1.82 bits per heavy atom. The van der Waals surface area contributed by atoms with E-state index in [0.717, 1.165) is 12.3 Å². The van der Waals surface area contributed by atoms with Crippen LogP contribution in [0, 0.1) is 18.3 Å². The first-order valence-corrected chi connectivity index (χ1v) is 13.1. The van der Waals surface area contributed by atoms with E-state index < -0.39 is 0 Å². The van der Waals surface area contributed by atoms with E-state index in [1.807, 2.05) is 0 Å². The van der Waals surface area contributed by atoms with Gasteiger partial charge < -0.3 is 6.92 Å². The van der Waals surface area contributed by atoms with Crippen LogP contribution in [0.5, 0.6) is 0 Å². The fourth-order valence-corrected chi connectivity index (χ4v) is 1.15. The molecule has 0 aliphatic carbocycles. The van der Waals surface area contributed by atoms with Crippen LogP contribution in [0.1, 0.15) is 40.5 Å². The van der Waals surface area contributed by atoms with Crippen molar-refractivity contribution in [2.75, 3.05) is 0 Å².